The third-order valence-corrected chi connectivity index (χ3v) is 13.3. The van der Waals surface area contributed by atoms with Crippen molar-refractivity contribution in [3.8, 4) is 0 Å². The van der Waals surface area contributed by atoms with Crippen LogP contribution in [0.1, 0.15) is 297 Å². The molecule has 0 aromatic heterocycles. The molecule has 0 N–H and O–H groups in total. The SMILES string of the molecule is CC/C=C\C/C=C\C/C=C\C/C=C\CCCCCCCCCCCCCCC(=O)OCC(COC(=O)CCCCC/C=C\C/C=C\C/C=C\CC)OC(=O)CCCCCCCCC/C=C\CCCCCCCCC. The predicted molar refractivity (Wildman–Crippen MR) is 320 cm³/mol. The highest BCUT2D eigenvalue weighted by Crippen LogP contribution is 2.16. The average Bonchev–Trinajstić information content (AvgIpc) is 3.40. The van der Waals surface area contributed by atoms with Gasteiger partial charge in [0.2, 0.25) is 0 Å². The molecule has 0 rings (SSSR count). The molecule has 0 aliphatic rings. The van der Waals surface area contributed by atoms with Crippen molar-refractivity contribution in [3.05, 3.63) is 97.2 Å². The Morgan fingerprint density at radius 1 is 0.284 bits per heavy atom. The number of carbonyl (C=O) groups excluding carboxylic acids is 3. The summed E-state index contributed by atoms with van der Waals surface area (Å²) >= 11 is 0. The van der Waals surface area contributed by atoms with Gasteiger partial charge in [0, 0.05) is 19.3 Å². The summed E-state index contributed by atoms with van der Waals surface area (Å²) in [5.74, 6) is -0.917. The van der Waals surface area contributed by atoms with E-state index in [1.54, 1.807) is 0 Å². The van der Waals surface area contributed by atoms with E-state index in [-0.39, 0.29) is 31.1 Å². The van der Waals surface area contributed by atoms with E-state index in [0.717, 1.165) is 109 Å². The number of hydrogen-bond acceptors (Lipinski definition) is 6. The topological polar surface area (TPSA) is 78.9 Å². The molecule has 1 unspecified atom stereocenters. The molecule has 1 atom stereocenters. The molecule has 74 heavy (non-hydrogen) atoms. The Morgan fingerprint density at radius 3 is 0.851 bits per heavy atom. The highest BCUT2D eigenvalue weighted by atomic mass is 16.6. The summed E-state index contributed by atoms with van der Waals surface area (Å²) in [5.41, 5.74) is 0. The number of ether oxygens (including phenoxy) is 3. The van der Waals surface area contributed by atoms with Crippen LogP contribution in [-0.2, 0) is 28.6 Å². The van der Waals surface area contributed by atoms with Crippen LogP contribution in [0.3, 0.4) is 0 Å². The molecule has 0 heterocycles. The van der Waals surface area contributed by atoms with Crippen molar-refractivity contribution in [2.24, 2.45) is 0 Å². The number of esters is 3. The van der Waals surface area contributed by atoms with E-state index in [1.807, 2.05) is 0 Å². The highest BCUT2D eigenvalue weighted by molar-refractivity contribution is 5.71. The van der Waals surface area contributed by atoms with E-state index in [0.29, 0.717) is 19.3 Å². The quantitative estimate of drug-likeness (QED) is 0.0261. The molecule has 0 amide bonds. The minimum atomic E-state index is -0.794. The fourth-order valence-electron chi connectivity index (χ4n) is 8.68. The molecular weight excluding hydrogens is 913 g/mol. The van der Waals surface area contributed by atoms with E-state index in [1.165, 1.54) is 148 Å². The molecule has 6 heteroatoms. The molecular formula is C68H116O6. The Morgan fingerprint density at radius 2 is 0.527 bits per heavy atom. The smallest absolute Gasteiger partial charge is 0.306 e. The summed E-state index contributed by atoms with van der Waals surface area (Å²) in [4.78, 5) is 38.3. The van der Waals surface area contributed by atoms with Crippen molar-refractivity contribution in [2.45, 2.75) is 303 Å². The Labute approximate surface area is 457 Å². The van der Waals surface area contributed by atoms with Crippen LogP contribution < -0.4 is 0 Å². The van der Waals surface area contributed by atoms with Crippen molar-refractivity contribution < 1.29 is 28.6 Å². The van der Waals surface area contributed by atoms with Gasteiger partial charge in [-0.15, -0.1) is 0 Å². The van der Waals surface area contributed by atoms with Gasteiger partial charge >= 0.3 is 17.9 Å². The Bertz CT molecular complexity index is 1460. The first kappa shape index (κ1) is 70.3. The van der Waals surface area contributed by atoms with Gasteiger partial charge in [0.15, 0.2) is 6.10 Å². The summed E-state index contributed by atoms with van der Waals surface area (Å²) < 4.78 is 16.9. The summed E-state index contributed by atoms with van der Waals surface area (Å²) in [6, 6.07) is 0. The van der Waals surface area contributed by atoms with Crippen molar-refractivity contribution in [3.63, 3.8) is 0 Å². The first-order valence-electron chi connectivity index (χ1n) is 31.2. The van der Waals surface area contributed by atoms with Crippen LogP contribution in [0.4, 0.5) is 0 Å². The summed E-state index contributed by atoms with van der Waals surface area (Å²) in [6.07, 6.45) is 82.7. The molecule has 0 spiro atoms. The minimum absolute atomic E-state index is 0.0889. The lowest BCUT2D eigenvalue weighted by Gasteiger charge is -2.18. The maximum absolute atomic E-state index is 12.9. The van der Waals surface area contributed by atoms with Crippen molar-refractivity contribution in [2.75, 3.05) is 13.2 Å². The molecule has 0 aliphatic heterocycles. The van der Waals surface area contributed by atoms with Crippen LogP contribution >= 0.6 is 0 Å². The number of unbranched alkanes of at least 4 members (excludes halogenated alkanes) is 29. The normalized spacial score (nSPS) is 12.7. The van der Waals surface area contributed by atoms with Gasteiger partial charge in [-0.25, -0.2) is 0 Å². The van der Waals surface area contributed by atoms with Crippen molar-refractivity contribution in [1.29, 1.82) is 0 Å². The molecule has 0 bridgehead atoms. The van der Waals surface area contributed by atoms with Crippen LogP contribution in [0, 0.1) is 0 Å². The molecule has 424 valence electrons. The molecule has 0 aliphatic carbocycles. The van der Waals surface area contributed by atoms with E-state index in [2.05, 4.69) is 118 Å². The highest BCUT2D eigenvalue weighted by Gasteiger charge is 2.19. The van der Waals surface area contributed by atoms with Crippen LogP contribution in [0.15, 0.2) is 97.2 Å². The van der Waals surface area contributed by atoms with Gasteiger partial charge in [-0.3, -0.25) is 14.4 Å². The van der Waals surface area contributed by atoms with E-state index >= 15 is 0 Å². The van der Waals surface area contributed by atoms with Gasteiger partial charge in [-0.2, -0.15) is 0 Å². The zero-order chi connectivity index (χ0) is 53.6. The van der Waals surface area contributed by atoms with Crippen molar-refractivity contribution >= 4 is 17.9 Å². The molecule has 0 saturated heterocycles. The number of allylic oxidation sites excluding steroid dienone is 16. The summed E-state index contributed by atoms with van der Waals surface area (Å²) in [5, 5.41) is 0. The number of carbonyl (C=O) groups is 3. The Balaban J connectivity index is 4.33. The summed E-state index contributed by atoms with van der Waals surface area (Å²) in [6.45, 7) is 6.40. The van der Waals surface area contributed by atoms with Crippen LogP contribution in [-0.4, -0.2) is 37.2 Å². The molecule has 6 nitrogen and oxygen atoms in total. The monoisotopic (exact) mass is 1030 g/mol. The van der Waals surface area contributed by atoms with E-state index < -0.39 is 6.10 Å². The fourth-order valence-corrected chi connectivity index (χ4v) is 8.68. The third kappa shape index (κ3) is 59.2. The van der Waals surface area contributed by atoms with Crippen LogP contribution in [0.25, 0.3) is 0 Å². The van der Waals surface area contributed by atoms with E-state index in [4.69, 9.17) is 14.2 Å². The van der Waals surface area contributed by atoms with Crippen LogP contribution in [0.5, 0.6) is 0 Å². The second-order valence-corrected chi connectivity index (χ2v) is 20.5. The minimum Gasteiger partial charge on any atom is -0.462 e. The number of rotatable bonds is 56. The molecule has 0 aromatic carbocycles. The molecule has 0 saturated carbocycles. The largest absolute Gasteiger partial charge is 0.462 e. The van der Waals surface area contributed by atoms with Gasteiger partial charge in [-0.05, 0) is 116 Å². The Hall–Kier alpha value is -3.67. The van der Waals surface area contributed by atoms with Gasteiger partial charge in [0.1, 0.15) is 13.2 Å². The lowest BCUT2D eigenvalue weighted by atomic mass is 10.0. The molecule has 0 fully saturated rings. The van der Waals surface area contributed by atoms with Crippen molar-refractivity contribution in [1.82, 2.24) is 0 Å². The maximum atomic E-state index is 12.9. The standard InChI is InChI=1S/C68H116O6/c1-4-7-10-13-16-19-22-25-27-29-31-32-33-34-35-36-37-39-40-43-46-49-52-55-58-61-67(70)73-64-65(63-72-66(69)60-57-54-51-48-45-42-24-21-18-15-12-9-6-3)74-68(71)62-59-56-53-50-47-44-41-38-30-28-26-23-20-17-14-11-8-5-2/h7,9-10,12,16,18-19,21,25,27-28,30-32,42,45,65H,4-6,8,11,13-15,17,20,22-24,26,29,33-41,43-44,46-64H2,1-3H3/b10-7-,12-9-,19-16-,21-18-,27-25-,30-28-,32-31-,45-42-. The lowest BCUT2D eigenvalue weighted by Crippen LogP contribution is -2.30. The second-order valence-electron chi connectivity index (χ2n) is 20.5. The second kappa shape index (κ2) is 61.9. The lowest BCUT2D eigenvalue weighted by molar-refractivity contribution is -0.167. The van der Waals surface area contributed by atoms with Gasteiger partial charge in [0.05, 0.1) is 0 Å². The molecule has 0 aromatic rings. The first-order chi connectivity index (χ1) is 36.5. The molecule has 0 radical (unpaired) electrons. The van der Waals surface area contributed by atoms with E-state index in [9.17, 15) is 14.4 Å². The Kier molecular flexibility index (Phi) is 58.8. The maximum Gasteiger partial charge on any atom is 0.306 e. The van der Waals surface area contributed by atoms with Gasteiger partial charge < -0.3 is 14.2 Å². The fraction of sp³-hybridized carbons (Fsp3) is 0.721. The zero-order valence-electron chi connectivity index (χ0n) is 48.6. The first-order valence-corrected chi connectivity index (χ1v) is 31.2. The predicted octanol–water partition coefficient (Wildman–Crippen LogP) is 21.3. The van der Waals surface area contributed by atoms with Gasteiger partial charge in [0.25, 0.3) is 0 Å². The zero-order valence-corrected chi connectivity index (χ0v) is 48.6. The van der Waals surface area contributed by atoms with Crippen LogP contribution in [0.2, 0.25) is 0 Å². The third-order valence-electron chi connectivity index (χ3n) is 13.3. The number of hydrogen-bond donors (Lipinski definition) is 0. The average molecular weight is 1030 g/mol. The van der Waals surface area contributed by atoms with Gasteiger partial charge in [-0.1, -0.05) is 259 Å². The summed E-state index contributed by atoms with van der Waals surface area (Å²) in [7, 11) is 0.